The highest BCUT2D eigenvalue weighted by Gasteiger charge is 2.52. The molecule has 0 aromatic carbocycles. The molecule has 0 unspecified atom stereocenters. The Labute approximate surface area is 95.5 Å². The second-order valence-corrected chi connectivity index (χ2v) is 5.01. The van der Waals surface area contributed by atoms with E-state index >= 15 is 0 Å². The maximum absolute atomic E-state index is 11.8. The van der Waals surface area contributed by atoms with Crippen LogP contribution in [0.25, 0.3) is 0 Å². The molecule has 1 aliphatic carbocycles. The zero-order valence-corrected chi connectivity index (χ0v) is 10.3. The Hall–Kier alpha value is -1.10. The average molecular weight is 229 g/mol. The molecule has 0 spiro atoms. The summed E-state index contributed by atoms with van der Waals surface area (Å²) in [5, 5.41) is 2.89. The molecule has 5 nitrogen and oxygen atoms in total. The van der Waals surface area contributed by atoms with Crippen molar-refractivity contribution in [3.8, 4) is 0 Å². The fraction of sp³-hybridized carbons (Fsp3) is 0.818. The maximum Gasteiger partial charge on any atom is 0.326 e. The van der Waals surface area contributed by atoms with Crippen LogP contribution in [0, 0.1) is 0 Å². The summed E-state index contributed by atoms with van der Waals surface area (Å²) in [6.45, 7) is 5.50. The van der Waals surface area contributed by atoms with Crippen LogP contribution in [-0.2, 0) is 19.1 Å². The molecule has 16 heavy (non-hydrogen) atoms. The van der Waals surface area contributed by atoms with E-state index < -0.39 is 11.1 Å². The number of carbonyl (C=O) groups is 2. The molecule has 0 bridgehead atoms. The van der Waals surface area contributed by atoms with E-state index in [1.165, 1.54) is 7.11 Å². The molecule has 0 radical (unpaired) electrons. The molecule has 1 aliphatic rings. The van der Waals surface area contributed by atoms with Gasteiger partial charge in [-0.05, 0) is 33.6 Å². The van der Waals surface area contributed by atoms with Crippen LogP contribution in [0.15, 0.2) is 0 Å². The predicted molar refractivity (Wildman–Crippen MR) is 57.8 cm³/mol. The van der Waals surface area contributed by atoms with E-state index in [2.05, 4.69) is 10.1 Å². The molecule has 0 aliphatic heterocycles. The Bertz CT molecular complexity index is 289. The van der Waals surface area contributed by atoms with Gasteiger partial charge in [-0.15, -0.1) is 0 Å². The molecule has 1 rings (SSSR count). The smallest absolute Gasteiger partial charge is 0.326 e. The van der Waals surface area contributed by atoms with Crippen molar-refractivity contribution < 1.29 is 19.1 Å². The standard InChI is InChI=1S/C11H19NO4/c1-10(2,3)16-9(14)11(5-6-11)12-7-8(13)15-4/h12H,5-7H2,1-4H3. The molecule has 0 aromatic heterocycles. The van der Waals surface area contributed by atoms with E-state index in [1.807, 2.05) is 20.8 Å². The molecular weight excluding hydrogens is 210 g/mol. The molecule has 1 saturated carbocycles. The number of hydrogen-bond donors (Lipinski definition) is 1. The molecule has 5 heteroatoms. The summed E-state index contributed by atoms with van der Waals surface area (Å²) in [7, 11) is 1.32. The van der Waals surface area contributed by atoms with E-state index in [9.17, 15) is 9.59 Å². The van der Waals surface area contributed by atoms with Gasteiger partial charge in [0, 0.05) is 0 Å². The van der Waals surface area contributed by atoms with Crippen LogP contribution in [0.2, 0.25) is 0 Å². The van der Waals surface area contributed by atoms with Gasteiger partial charge in [0.25, 0.3) is 0 Å². The van der Waals surface area contributed by atoms with Gasteiger partial charge in [-0.25, -0.2) is 0 Å². The third kappa shape index (κ3) is 3.48. The minimum Gasteiger partial charge on any atom is -0.468 e. The molecule has 0 amide bonds. The molecule has 1 N–H and O–H groups in total. The van der Waals surface area contributed by atoms with Gasteiger partial charge in [0.15, 0.2) is 0 Å². The summed E-state index contributed by atoms with van der Waals surface area (Å²) in [5.74, 6) is -0.668. The van der Waals surface area contributed by atoms with Crippen molar-refractivity contribution >= 4 is 11.9 Å². The van der Waals surface area contributed by atoms with Crippen molar-refractivity contribution in [2.75, 3.05) is 13.7 Å². The summed E-state index contributed by atoms with van der Waals surface area (Å²) < 4.78 is 9.78. The monoisotopic (exact) mass is 229 g/mol. The zero-order chi connectivity index (χ0) is 12.4. The van der Waals surface area contributed by atoms with Gasteiger partial charge in [-0.2, -0.15) is 0 Å². The van der Waals surface area contributed by atoms with E-state index in [0.29, 0.717) is 12.8 Å². The minimum atomic E-state index is -0.665. The Morgan fingerprint density at radius 2 is 1.88 bits per heavy atom. The molecule has 0 aromatic rings. The summed E-state index contributed by atoms with van der Waals surface area (Å²) in [4.78, 5) is 22.8. The minimum absolute atomic E-state index is 0.0374. The van der Waals surface area contributed by atoms with Crippen LogP contribution in [0.1, 0.15) is 33.6 Å². The summed E-state index contributed by atoms with van der Waals surface area (Å²) >= 11 is 0. The fourth-order valence-electron chi connectivity index (χ4n) is 1.27. The number of carbonyl (C=O) groups excluding carboxylic acids is 2. The van der Waals surface area contributed by atoms with E-state index in [0.717, 1.165) is 0 Å². The zero-order valence-electron chi connectivity index (χ0n) is 10.3. The van der Waals surface area contributed by atoms with Gasteiger partial charge in [-0.3, -0.25) is 14.9 Å². The number of esters is 2. The van der Waals surface area contributed by atoms with Gasteiger partial charge in [0.05, 0.1) is 13.7 Å². The van der Waals surface area contributed by atoms with Crippen LogP contribution < -0.4 is 5.32 Å². The molecule has 0 atom stereocenters. The van der Waals surface area contributed by atoms with Crippen molar-refractivity contribution in [2.45, 2.75) is 44.8 Å². The first-order valence-electron chi connectivity index (χ1n) is 5.34. The number of ether oxygens (including phenoxy) is 2. The first kappa shape index (κ1) is 13.0. The van der Waals surface area contributed by atoms with Crippen molar-refractivity contribution in [3.63, 3.8) is 0 Å². The fourth-order valence-corrected chi connectivity index (χ4v) is 1.27. The number of nitrogens with one attached hydrogen (secondary N) is 1. The van der Waals surface area contributed by atoms with E-state index in [4.69, 9.17) is 4.74 Å². The molecule has 0 saturated heterocycles. The van der Waals surface area contributed by atoms with Gasteiger partial charge in [0.1, 0.15) is 11.1 Å². The highest BCUT2D eigenvalue weighted by atomic mass is 16.6. The lowest BCUT2D eigenvalue weighted by Gasteiger charge is -2.24. The lowest BCUT2D eigenvalue weighted by Crippen LogP contribution is -2.45. The predicted octanol–water partition coefficient (Wildman–Crippen LogP) is 0.623. The SMILES string of the molecule is COC(=O)CNC1(C(=O)OC(C)(C)C)CC1. The Balaban J connectivity index is 2.46. The van der Waals surface area contributed by atoms with Gasteiger partial charge >= 0.3 is 11.9 Å². The maximum atomic E-state index is 11.8. The Morgan fingerprint density at radius 1 is 1.31 bits per heavy atom. The largest absolute Gasteiger partial charge is 0.468 e. The Morgan fingerprint density at radius 3 is 2.25 bits per heavy atom. The summed E-state index contributed by atoms with van der Waals surface area (Å²) in [6.07, 6.45) is 1.41. The van der Waals surface area contributed by atoms with Crippen molar-refractivity contribution in [2.24, 2.45) is 0 Å². The Kier molecular flexibility index (Phi) is 3.57. The van der Waals surface area contributed by atoms with Crippen LogP contribution in [0.4, 0.5) is 0 Å². The lowest BCUT2D eigenvalue weighted by molar-refractivity contribution is -0.159. The third-order valence-corrected chi connectivity index (χ3v) is 2.34. The first-order valence-corrected chi connectivity index (χ1v) is 5.34. The lowest BCUT2D eigenvalue weighted by atomic mass is 10.2. The first-order chi connectivity index (χ1) is 7.29. The summed E-state index contributed by atoms with van der Waals surface area (Å²) in [5.41, 5.74) is -1.17. The van der Waals surface area contributed by atoms with Crippen molar-refractivity contribution in [1.82, 2.24) is 5.32 Å². The highest BCUT2D eigenvalue weighted by Crippen LogP contribution is 2.37. The third-order valence-electron chi connectivity index (χ3n) is 2.34. The van der Waals surface area contributed by atoms with Gasteiger partial charge in [-0.1, -0.05) is 0 Å². The summed E-state index contributed by atoms with van der Waals surface area (Å²) in [6, 6.07) is 0. The van der Waals surface area contributed by atoms with Crippen molar-refractivity contribution in [3.05, 3.63) is 0 Å². The van der Waals surface area contributed by atoms with Crippen LogP contribution in [0.3, 0.4) is 0 Å². The second-order valence-electron chi connectivity index (χ2n) is 5.01. The van der Waals surface area contributed by atoms with E-state index in [-0.39, 0.29) is 18.5 Å². The highest BCUT2D eigenvalue weighted by molar-refractivity contribution is 5.85. The second kappa shape index (κ2) is 4.41. The van der Waals surface area contributed by atoms with Crippen molar-refractivity contribution in [1.29, 1.82) is 0 Å². The topological polar surface area (TPSA) is 64.6 Å². The van der Waals surface area contributed by atoms with Crippen LogP contribution in [-0.4, -0.2) is 36.7 Å². The number of methoxy groups -OCH3 is 1. The quantitative estimate of drug-likeness (QED) is 0.716. The van der Waals surface area contributed by atoms with Crippen LogP contribution >= 0.6 is 0 Å². The molecule has 0 heterocycles. The van der Waals surface area contributed by atoms with Gasteiger partial charge in [0.2, 0.25) is 0 Å². The average Bonchev–Trinajstić information content (AvgIpc) is 2.92. The van der Waals surface area contributed by atoms with Crippen LogP contribution in [0.5, 0.6) is 0 Å². The number of hydrogen-bond acceptors (Lipinski definition) is 5. The number of rotatable bonds is 4. The van der Waals surface area contributed by atoms with Gasteiger partial charge < -0.3 is 9.47 Å². The molecule has 1 fully saturated rings. The molecule has 92 valence electrons. The molecular formula is C11H19NO4. The normalized spacial score (nSPS) is 17.8. The van der Waals surface area contributed by atoms with E-state index in [1.54, 1.807) is 0 Å².